The van der Waals surface area contributed by atoms with Crippen molar-refractivity contribution in [3.8, 4) is 16.5 Å². The van der Waals surface area contributed by atoms with E-state index >= 15 is 0 Å². The highest BCUT2D eigenvalue weighted by Crippen LogP contribution is 2.34. The van der Waals surface area contributed by atoms with E-state index in [2.05, 4.69) is 36.8 Å². The summed E-state index contributed by atoms with van der Waals surface area (Å²) in [5, 5.41) is 14.2. The molecule has 0 fully saturated rings. The molecular weight excluding hydrogens is 448 g/mol. The number of nitrogens with zero attached hydrogens (tertiary/aromatic N) is 2. The molecule has 0 amide bonds. The average molecular weight is 475 g/mol. The van der Waals surface area contributed by atoms with Crippen LogP contribution in [0.2, 0.25) is 0 Å². The fourth-order valence-corrected chi connectivity index (χ4v) is 5.13. The Morgan fingerprint density at radius 3 is 2.71 bits per heavy atom. The first-order chi connectivity index (χ1) is 16.2. The molecule has 0 aliphatic carbocycles. The van der Waals surface area contributed by atoms with Crippen molar-refractivity contribution in [2.45, 2.75) is 39.2 Å². The predicted molar refractivity (Wildman–Crippen MR) is 135 cm³/mol. The molecule has 0 aliphatic heterocycles. The number of thiazole rings is 1. The van der Waals surface area contributed by atoms with Crippen LogP contribution in [0.4, 0.5) is 0 Å². The highest BCUT2D eigenvalue weighted by molar-refractivity contribution is 7.13. The van der Waals surface area contributed by atoms with Gasteiger partial charge in [-0.1, -0.05) is 26.8 Å². The van der Waals surface area contributed by atoms with Crippen molar-refractivity contribution < 1.29 is 19.1 Å². The van der Waals surface area contributed by atoms with Crippen LogP contribution in [0.3, 0.4) is 0 Å². The van der Waals surface area contributed by atoms with E-state index in [4.69, 9.17) is 14.1 Å². The Bertz CT molecular complexity index is 1520. The molecule has 0 atom stereocenters. The van der Waals surface area contributed by atoms with Crippen LogP contribution < -0.4 is 4.74 Å². The Labute approximate surface area is 201 Å². The number of fused-ring (bicyclic) bond motifs is 2. The normalized spacial score (nSPS) is 12.0. The van der Waals surface area contributed by atoms with Crippen LogP contribution in [0.15, 0.2) is 58.5 Å². The summed E-state index contributed by atoms with van der Waals surface area (Å²) >= 11 is 1.60. The number of hydrogen-bond donors (Lipinski definition) is 1. The maximum Gasteiger partial charge on any atom is 0.307 e. The summed E-state index contributed by atoms with van der Waals surface area (Å²) in [6.07, 6.45) is 1.89. The molecular formula is C27H26N2O4S. The lowest BCUT2D eigenvalue weighted by Gasteiger charge is -2.13. The minimum Gasteiger partial charge on any atom is -0.497 e. The average Bonchev–Trinajstić information content (AvgIpc) is 3.50. The fraction of sp³-hybridized carbons (Fsp3) is 0.259. The van der Waals surface area contributed by atoms with Crippen molar-refractivity contribution in [3.63, 3.8) is 0 Å². The summed E-state index contributed by atoms with van der Waals surface area (Å²) in [5.74, 6) is 0.627. The first-order valence-corrected chi connectivity index (χ1v) is 12.0. The van der Waals surface area contributed by atoms with Crippen LogP contribution in [0.25, 0.3) is 32.6 Å². The lowest BCUT2D eigenvalue weighted by Crippen LogP contribution is -2.11. The molecule has 6 nitrogen and oxygen atoms in total. The van der Waals surface area contributed by atoms with Crippen LogP contribution in [0.1, 0.15) is 37.6 Å². The van der Waals surface area contributed by atoms with Crippen LogP contribution in [0, 0.1) is 0 Å². The van der Waals surface area contributed by atoms with E-state index in [-0.39, 0.29) is 11.8 Å². The van der Waals surface area contributed by atoms with Gasteiger partial charge in [0, 0.05) is 39.8 Å². The van der Waals surface area contributed by atoms with E-state index in [0.29, 0.717) is 12.3 Å². The lowest BCUT2D eigenvalue weighted by atomic mass is 9.93. The van der Waals surface area contributed by atoms with Crippen molar-refractivity contribution in [1.82, 2.24) is 9.55 Å². The summed E-state index contributed by atoms with van der Waals surface area (Å²) in [7, 11) is 1.61. The number of methoxy groups -OCH3 is 1. The molecule has 0 unspecified atom stereocenters. The molecule has 2 aromatic carbocycles. The van der Waals surface area contributed by atoms with Crippen molar-refractivity contribution in [1.29, 1.82) is 0 Å². The topological polar surface area (TPSA) is 77.5 Å². The molecule has 0 spiro atoms. The van der Waals surface area contributed by atoms with E-state index in [1.807, 2.05) is 42.6 Å². The second-order valence-electron chi connectivity index (χ2n) is 9.51. The second kappa shape index (κ2) is 8.33. The SMILES string of the molecule is COc1ccc2c(c1)c(CC(=O)O)cn2Cc1ccc2oc(-c3nc(C(C)(C)C)cs3)cc2c1. The van der Waals surface area contributed by atoms with Gasteiger partial charge in [-0.2, -0.15) is 0 Å². The Hall–Kier alpha value is -3.58. The predicted octanol–water partition coefficient (Wildman–Crippen LogP) is 6.49. The van der Waals surface area contributed by atoms with Crippen LogP contribution in [-0.2, 0) is 23.2 Å². The zero-order chi connectivity index (χ0) is 24.0. The van der Waals surface area contributed by atoms with E-state index in [1.54, 1.807) is 18.4 Å². The first kappa shape index (κ1) is 22.2. The second-order valence-corrected chi connectivity index (χ2v) is 10.4. The van der Waals surface area contributed by atoms with Gasteiger partial charge in [0.1, 0.15) is 11.3 Å². The molecule has 3 aromatic heterocycles. The molecule has 0 saturated heterocycles. The minimum absolute atomic E-state index is 0.00299. The molecule has 0 saturated carbocycles. The number of benzene rings is 2. The number of aliphatic carboxylic acids is 1. The van der Waals surface area contributed by atoms with Gasteiger partial charge in [-0.25, -0.2) is 4.98 Å². The summed E-state index contributed by atoms with van der Waals surface area (Å²) < 4.78 is 13.5. The zero-order valence-electron chi connectivity index (χ0n) is 19.6. The van der Waals surface area contributed by atoms with Gasteiger partial charge in [0.2, 0.25) is 0 Å². The quantitative estimate of drug-likeness (QED) is 0.304. The Balaban J connectivity index is 1.48. The number of carboxylic acid groups (broad SMARTS) is 1. The first-order valence-electron chi connectivity index (χ1n) is 11.1. The number of aromatic nitrogens is 2. The van der Waals surface area contributed by atoms with Crippen molar-refractivity contribution in [2.24, 2.45) is 0 Å². The zero-order valence-corrected chi connectivity index (χ0v) is 20.4. The van der Waals surface area contributed by atoms with Crippen LogP contribution >= 0.6 is 11.3 Å². The van der Waals surface area contributed by atoms with Gasteiger partial charge in [-0.05, 0) is 47.5 Å². The molecule has 174 valence electrons. The van der Waals surface area contributed by atoms with Gasteiger partial charge in [-0.3, -0.25) is 4.79 Å². The monoisotopic (exact) mass is 474 g/mol. The van der Waals surface area contributed by atoms with Crippen molar-refractivity contribution in [3.05, 3.63) is 70.9 Å². The van der Waals surface area contributed by atoms with E-state index in [0.717, 1.165) is 49.5 Å². The molecule has 34 heavy (non-hydrogen) atoms. The molecule has 1 N–H and O–H groups in total. The Kier molecular flexibility index (Phi) is 5.44. The number of rotatable bonds is 6. The van der Waals surface area contributed by atoms with E-state index < -0.39 is 5.97 Å². The third kappa shape index (κ3) is 4.19. The minimum atomic E-state index is -0.856. The Morgan fingerprint density at radius 2 is 2.00 bits per heavy atom. The van der Waals surface area contributed by atoms with Gasteiger partial charge in [0.05, 0.1) is 19.2 Å². The van der Waals surface area contributed by atoms with E-state index in [9.17, 15) is 9.90 Å². The third-order valence-electron chi connectivity index (χ3n) is 5.93. The van der Waals surface area contributed by atoms with Gasteiger partial charge >= 0.3 is 5.97 Å². The number of carbonyl (C=O) groups is 1. The number of ether oxygens (including phenoxy) is 1. The molecule has 5 rings (SSSR count). The Morgan fingerprint density at radius 1 is 1.18 bits per heavy atom. The van der Waals surface area contributed by atoms with Crippen LogP contribution in [0.5, 0.6) is 5.75 Å². The maximum absolute atomic E-state index is 11.4. The highest BCUT2D eigenvalue weighted by atomic mass is 32.1. The number of hydrogen-bond acceptors (Lipinski definition) is 5. The fourth-order valence-electron chi connectivity index (χ4n) is 4.14. The lowest BCUT2D eigenvalue weighted by molar-refractivity contribution is -0.136. The molecule has 0 bridgehead atoms. The van der Waals surface area contributed by atoms with Crippen LogP contribution in [-0.4, -0.2) is 27.7 Å². The molecule has 5 aromatic rings. The van der Waals surface area contributed by atoms with Gasteiger partial charge < -0.3 is 18.8 Å². The molecule has 0 radical (unpaired) electrons. The summed E-state index contributed by atoms with van der Waals surface area (Å²) in [6, 6.07) is 14.0. The molecule has 7 heteroatoms. The third-order valence-corrected chi connectivity index (χ3v) is 6.79. The van der Waals surface area contributed by atoms with Gasteiger partial charge in [-0.15, -0.1) is 11.3 Å². The van der Waals surface area contributed by atoms with Gasteiger partial charge in [0.25, 0.3) is 0 Å². The summed E-state index contributed by atoms with van der Waals surface area (Å²) in [5.41, 5.74) is 4.72. The van der Waals surface area contributed by atoms with Gasteiger partial charge in [0.15, 0.2) is 10.8 Å². The summed E-state index contributed by atoms with van der Waals surface area (Å²) in [4.78, 5) is 16.2. The number of carboxylic acids is 1. The largest absolute Gasteiger partial charge is 0.497 e. The summed E-state index contributed by atoms with van der Waals surface area (Å²) in [6.45, 7) is 7.07. The number of furan rings is 1. The van der Waals surface area contributed by atoms with E-state index in [1.165, 1.54) is 0 Å². The maximum atomic E-state index is 11.4. The molecule has 3 heterocycles. The van der Waals surface area contributed by atoms with Crippen molar-refractivity contribution in [2.75, 3.05) is 7.11 Å². The highest BCUT2D eigenvalue weighted by Gasteiger charge is 2.19. The standard InChI is InChI=1S/C27H26N2O4S/c1-27(2,3)24-15-34-26(28-24)23-10-17-9-16(5-8-22(17)33-23)13-29-14-18(11-25(30)31)20-12-19(32-4)6-7-21(20)29/h5-10,12,14-15H,11,13H2,1-4H3,(H,30,31). The molecule has 0 aliphatic rings. The smallest absolute Gasteiger partial charge is 0.307 e. The van der Waals surface area contributed by atoms with Crippen molar-refractivity contribution >= 4 is 39.2 Å².